The van der Waals surface area contributed by atoms with Crippen molar-refractivity contribution in [1.82, 2.24) is 10.2 Å². The van der Waals surface area contributed by atoms with Crippen molar-refractivity contribution in [3.63, 3.8) is 0 Å². The molecule has 2 nitrogen and oxygen atoms in total. The molecule has 96 valence electrons. The lowest BCUT2D eigenvalue weighted by Gasteiger charge is -2.22. The molecule has 0 aromatic carbocycles. The first kappa shape index (κ1) is 14.3. The van der Waals surface area contributed by atoms with Crippen LogP contribution in [0, 0.1) is 5.92 Å². The van der Waals surface area contributed by atoms with Crippen molar-refractivity contribution in [3.05, 3.63) is 0 Å². The first-order chi connectivity index (χ1) is 7.86. The van der Waals surface area contributed by atoms with Gasteiger partial charge in [0.05, 0.1) is 0 Å². The highest BCUT2D eigenvalue weighted by Crippen LogP contribution is 2.24. The Bertz CT molecular complexity index is 154. The molecule has 0 unspecified atom stereocenters. The van der Waals surface area contributed by atoms with E-state index in [-0.39, 0.29) is 0 Å². The van der Waals surface area contributed by atoms with E-state index in [1.807, 2.05) is 0 Å². The van der Waals surface area contributed by atoms with E-state index in [0.29, 0.717) is 0 Å². The van der Waals surface area contributed by atoms with Crippen molar-refractivity contribution in [1.29, 1.82) is 0 Å². The lowest BCUT2D eigenvalue weighted by molar-refractivity contribution is 0.300. The molecule has 0 radical (unpaired) electrons. The van der Waals surface area contributed by atoms with Crippen molar-refractivity contribution in [2.24, 2.45) is 5.92 Å². The van der Waals surface area contributed by atoms with Gasteiger partial charge >= 0.3 is 0 Å². The highest BCUT2D eigenvalue weighted by Gasteiger charge is 2.12. The smallest absolute Gasteiger partial charge is 0.0107 e. The van der Waals surface area contributed by atoms with Crippen LogP contribution in [0.25, 0.3) is 0 Å². The second-order valence-corrected chi connectivity index (χ2v) is 5.85. The van der Waals surface area contributed by atoms with Crippen LogP contribution in [0.1, 0.15) is 33.1 Å². The molecule has 0 aliphatic carbocycles. The Labute approximate surface area is 106 Å². The average molecular weight is 244 g/mol. The third kappa shape index (κ3) is 6.12. The molecule has 1 aliphatic heterocycles. The molecule has 1 rings (SSSR count). The average Bonchev–Trinajstić information content (AvgIpc) is 2.35. The second-order valence-electron chi connectivity index (χ2n) is 4.62. The normalized spacial score (nSPS) is 18.2. The lowest BCUT2D eigenvalue weighted by atomic mass is 9.99. The van der Waals surface area contributed by atoms with Gasteiger partial charge in [0.25, 0.3) is 0 Å². The molecule has 0 saturated carbocycles. The Morgan fingerprint density at radius 1 is 1.12 bits per heavy atom. The minimum absolute atomic E-state index is 1.00. The molecule has 0 aromatic rings. The van der Waals surface area contributed by atoms with Gasteiger partial charge in [0.2, 0.25) is 0 Å². The zero-order chi connectivity index (χ0) is 11.6. The summed E-state index contributed by atoms with van der Waals surface area (Å²) in [6.45, 7) is 10.4. The summed E-state index contributed by atoms with van der Waals surface area (Å²) in [6, 6.07) is 0. The summed E-state index contributed by atoms with van der Waals surface area (Å²) in [5, 5.41) is 3.58. The predicted octanol–water partition coefficient (Wildman–Crippen LogP) is 2.45. The predicted molar refractivity (Wildman–Crippen MR) is 75.3 cm³/mol. The Morgan fingerprint density at radius 3 is 2.44 bits per heavy atom. The fraction of sp³-hybridized carbons (Fsp3) is 1.00. The van der Waals surface area contributed by atoms with Crippen molar-refractivity contribution >= 4 is 11.8 Å². The van der Waals surface area contributed by atoms with Crippen molar-refractivity contribution in [2.75, 3.05) is 44.2 Å². The Balaban J connectivity index is 1.90. The van der Waals surface area contributed by atoms with Gasteiger partial charge in [-0.3, -0.25) is 0 Å². The maximum Gasteiger partial charge on any atom is 0.0107 e. The summed E-state index contributed by atoms with van der Waals surface area (Å²) in [5.74, 6) is 3.79. The van der Waals surface area contributed by atoms with Crippen LogP contribution in [0.5, 0.6) is 0 Å². The zero-order valence-electron chi connectivity index (χ0n) is 11.0. The van der Waals surface area contributed by atoms with Crippen LogP contribution in [0.15, 0.2) is 0 Å². The van der Waals surface area contributed by atoms with Crippen LogP contribution in [0.2, 0.25) is 0 Å². The largest absolute Gasteiger partial charge is 0.315 e. The molecule has 16 heavy (non-hydrogen) atoms. The van der Waals surface area contributed by atoms with Gasteiger partial charge in [-0.2, -0.15) is 11.8 Å². The molecule has 0 atom stereocenters. The van der Waals surface area contributed by atoms with E-state index in [9.17, 15) is 0 Å². The first-order valence-corrected chi connectivity index (χ1v) is 8.03. The van der Waals surface area contributed by atoms with Gasteiger partial charge in [-0.1, -0.05) is 13.8 Å². The molecule has 1 fully saturated rings. The fourth-order valence-corrected chi connectivity index (χ4v) is 3.45. The molecule has 1 saturated heterocycles. The van der Waals surface area contributed by atoms with Gasteiger partial charge in [-0.25, -0.2) is 0 Å². The fourth-order valence-electron chi connectivity index (χ4n) is 2.24. The molecule has 0 spiro atoms. The van der Waals surface area contributed by atoms with E-state index >= 15 is 0 Å². The van der Waals surface area contributed by atoms with Crippen LogP contribution in [0.3, 0.4) is 0 Å². The van der Waals surface area contributed by atoms with Crippen LogP contribution in [0.4, 0.5) is 0 Å². The van der Waals surface area contributed by atoms with Gasteiger partial charge in [-0.15, -0.1) is 0 Å². The number of hydrogen-bond acceptors (Lipinski definition) is 3. The van der Waals surface area contributed by atoms with E-state index < -0.39 is 0 Å². The molecule has 3 heteroatoms. The first-order valence-electron chi connectivity index (χ1n) is 6.87. The quantitative estimate of drug-likeness (QED) is 0.660. The molecule has 0 amide bonds. The van der Waals surface area contributed by atoms with Gasteiger partial charge in [0.1, 0.15) is 0 Å². The van der Waals surface area contributed by atoms with Gasteiger partial charge in [0, 0.05) is 13.1 Å². The van der Waals surface area contributed by atoms with Crippen LogP contribution >= 0.6 is 11.8 Å². The highest BCUT2D eigenvalue weighted by molar-refractivity contribution is 7.99. The number of thioether (sulfide) groups is 1. The minimum Gasteiger partial charge on any atom is -0.315 e. The standard InChI is InChI=1S/C13H28N2S/c1-3-15(4-2)10-9-14-8-5-13-6-11-16-12-7-13/h13-14H,3-12H2,1-2H3. The summed E-state index contributed by atoms with van der Waals surface area (Å²) in [6.07, 6.45) is 4.28. The number of nitrogens with one attached hydrogen (secondary N) is 1. The lowest BCUT2D eigenvalue weighted by Crippen LogP contribution is -2.32. The zero-order valence-corrected chi connectivity index (χ0v) is 11.8. The van der Waals surface area contributed by atoms with Crippen molar-refractivity contribution in [3.8, 4) is 0 Å². The maximum absolute atomic E-state index is 3.58. The number of likely N-dealkylation sites (N-methyl/N-ethyl adjacent to an activating group) is 1. The van der Waals surface area contributed by atoms with E-state index in [0.717, 1.165) is 12.5 Å². The van der Waals surface area contributed by atoms with Gasteiger partial charge in [-0.05, 0) is 56.3 Å². The number of hydrogen-bond donors (Lipinski definition) is 1. The minimum atomic E-state index is 1.00. The number of nitrogens with zero attached hydrogens (tertiary/aromatic N) is 1. The third-order valence-electron chi connectivity index (χ3n) is 3.57. The van der Waals surface area contributed by atoms with Crippen LogP contribution in [-0.4, -0.2) is 49.1 Å². The third-order valence-corrected chi connectivity index (χ3v) is 4.62. The Morgan fingerprint density at radius 2 is 1.81 bits per heavy atom. The second kappa shape index (κ2) is 9.32. The molecular formula is C13H28N2S. The molecule has 1 heterocycles. The molecule has 1 N–H and O–H groups in total. The molecule has 0 bridgehead atoms. The molecule has 0 aromatic heterocycles. The van der Waals surface area contributed by atoms with Crippen molar-refractivity contribution < 1.29 is 0 Å². The Hall–Kier alpha value is 0.270. The summed E-state index contributed by atoms with van der Waals surface area (Å²) < 4.78 is 0. The summed E-state index contributed by atoms with van der Waals surface area (Å²) >= 11 is 2.13. The SMILES string of the molecule is CCN(CC)CCNCCC1CCSCC1. The van der Waals surface area contributed by atoms with E-state index in [4.69, 9.17) is 0 Å². The summed E-state index contributed by atoms with van der Waals surface area (Å²) in [4.78, 5) is 2.48. The van der Waals surface area contributed by atoms with E-state index in [1.165, 1.54) is 56.9 Å². The van der Waals surface area contributed by atoms with E-state index in [2.05, 4.69) is 35.8 Å². The van der Waals surface area contributed by atoms with Crippen LogP contribution < -0.4 is 5.32 Å². The summed E-state index contributed by atoms with van der Waals surface area (Å²) in [7, 11) is 0. The Kier molecular flexibility index (Phi) is 8.34. The molecular weight excluding hydrogens is 216 g/mol. The van der Waals surface area contributed by atoms with Gasteiger partial charge in [0.15, 0.2) is 0 Å². The van der Waals surface area contributed by atoms with Crippen molar-refractivity contribution in [2.45, 2.75) is 33.1 Å². The van der Waals surface area contributed by atoms with Gasteiger partial charge < -0.3 is 10.2 Å². The summed E-state index contributed by atoms with van der Waals surface area (Å²) in [5.41, 5.74) is 0. The van der Waals surface area contributed by atoms with Crippen LogP contribution in [-0.2, 0) is 0 Å². The topological polar surface area (TPSA) is 15.3 Å². The monoisotopic (exact) mass is 244 g/mol. The maximum atomic E-state index is 3.58. The van der Waals surface area contributed by atoms with E-state index in [1.54, 1.807) is 0 Å². The molecule has 1 aliphatic rings. The highest BCUT2D eigenvalue weighted by atomic mass is 32.2. The number of rotatable bonds is 8.